The largest absolute Gasteiger partial charge is 0.483 e. The molecule has 10 heteroatoms. The van der Waals surface area contributed by atoms with Crippen LogP contribution in [0.4, 0.5) is 22.0 Å². The lowest BCUT2D eigenvalue weighted by molar-refractivity contribution is -0.153. The van der Waals surface area contributed by atoms with Crippen LogP contribution in [0.25, 0.3) is 11.3 Å². The molecule has 0 bridgehead atoms. The Morgan fingerprint density at radius 2 is 1.97 bits per heavy atom. The normalized spacial score (nSPS) is 16.1. The van der Waals surface area contributed by atoms with Gasteiger partial charge in [0.15, 0.2) is 6.61 Å². The lowest BCUT2D eigenvalue weighted by Crippen LogP contribution is -2.27. The zero-order valence-electron chi connectivity index (χ0n) is 18.3. The quantitative estimate of drug-likeness (QED) is 0.584. The SMILES string of the molecule is CC1=C(NC(=O)c2cc(F)c(-c3cc4c(cn3)CNCC4)cc2OCC(F)(F)F)C(F)=CCC1. The summed E-state index contributed by atoms with van der Waals surface area (Å²) in [4.78, 5) is 17.1. The fraction of sp³-hybridized carbons (Fsp3) is 0.333. The number of ether oxygens (including phenoxy) is 1. The van der Waals surface area contributed by atoms with E-state index in [1.807, 2.05) is 0 Å². The number of rotatable bonds is 5. The minimum absolute atomic E-state index is 0.0764. The summed E-state index contributed by atoms with van der Waals surface area (Å²) in [6.45, 7) is 1.30. The maximum atomic E-state index is 15.1. The molecule has 1 aromatic carbocycles. The van der Waals surface area contributed by atoms with Crippen molar-refractivity contribution in [3.8, 4) is 17.0 Å². The van der Waals surface area contributed by atoms with Crippen LogP contribution in [0.2, 0.25) is 0 Å². The number of aromatic nitrogens is 1. The van der Waals surface area contributed by atoms with E-state index < -0.39 is 41.6 Å². The third-order valence-electron chi connectivity index (χ3n) is 5.70. The van der Waals surface area contributed by atoms with E-state index >= 15 is 4.39 Å². The Hall–Kier alpha value is -3.27. The number of nitrogens with zero attached hydrogens (tertiary/aromatic N) is 1. The predicted octanol–water partition coefficient (Wildman–Crippen LogP) is 5.13. The van der Waals surface area contributed by atoms with E-state index in [1.165, 1.54) is 6.08 Å². The van der Waals surface area contributed by atoms with Gasteiger partial charge >= 0.3 is 6.18 Å². The van der Waals surface area contributed by atoms with Gasteiger partial charge < -0.3 is 15.4 Å². The van der Waals surface area contributed by atoms with Crippen LogP contribution >= 0.6 is 0 Å². The zero-order valence-corrected chi connectivity index (χ0v) is 18.3. The minimum Gasteiger partial charge on any atom is -0.483 e. The van der Waals surface area contributed by atoms with Crippen LogP contribution in [0.1, 0.15) is 41.3 Å². The number of nitrogens with one attached hydrogen (secondary N) is 2. The van der Waals surface area contributed by atoms with E-state index in [4.69, 9.17) is 4.74 Å². The van der Waals surface area contributed by atoms with Crippen molar-refractivity contribution in [1.29, 1.82) is 0 Å². The summed E-state index contributed by atoms with van der Waals surface area (Å²) in [5, 5.41) is 5.54. The Kier molecular flexibility index (Phi) is 6.70. The van der Waals surface area contributed by atoms with Crippen LogP contribution in [0.5, 0.6) is 5.75 Å². The van der Waals surface area contributed by atoms with Gasteiger partial charge in [0.2, 0.25) is 0 Å². The molecule has 1 aromatic heterocycles. The number of allylic oxidation sites excluding steroid dienone is 3. The van der Waals surface area contributed by atoms with Gasteiger partial charge in [-0.25, -0.2) is 8.78 Å². The highest BCUT2D eigenvalue weighted by Crippen LogP contribution is 2.33. The average Bonchev–Trinajstić information content (AvgIpc) is 2.79. The molecule has 2 aromatic rings. The van der Waals surface area contributed by atoms with Crippen molar-refractivity contribution in [1.82, 2.24) is 15.6 Å². The van der Waals surface area contributed by atoms with Gasteiger partial charge in [0, 0.05) is 18.3 Å². The van der Waals surface area contributed by atoms with E-state index in [2.05, 4.69) is 15.6 Å². The fourth-order valence-electron chi connectivity index (χ4n) is 3.91. The first-order valence-corrected chi connectivity index (χ1v) is 10.7. The third-order valence-corrected chi connectivity index (χ3v) is 5.70. The van der Waals surface area contributed by atoms with Gasteiger partial charge in [-0.1, -0.05) is 0 Å². The van der Waals surface area contributed by atoms with Gasteiger partial charge in [-0.3, -0.25) is 9.78 Å². The van der Waals surface area contributed by atoms with E-state index in [9.17, 15) is 22.4 Å². The lowest BCUT2D eigenvalue weighted by Gasteiger charge is -2.19. The first-order chi connectivity index (χ1) is 16.1. The van der Waals surface area contributed by atoms with Gasteiger partial charge in [0.05, 0.1) is 17.0 Å². The van der Waals surface area contributed by atoms with Crippen molar-refractivity contribution in [2.24, 2.45) is 0 Å². The van der Waals surface area contributed by atoms with Gasteiger partial charge in [-0.15, -0.1) is 0 Å². The summed E-state index contributed by atoms with van der Waals surface area (Å²) < 4.78 is 72.8. The highest BCUT2D eigenvalue weighted by atomic mass is 19.4. The lowest BCUT2D eigenvalue weighted by atomic mass is 9.99. The van der Waals surface area contributed by atoms with Crippen molar-refractivity contribution < 1.29 is 31.5 Å². The summed E-state index contributed by atoms with van der Waals surface area (Å²) in [6, 6.07) is 3.50. The minimum atomic E-state index is -4.68. The molecule has 2 heterocycles. The number of carbonyl (C=O) groups is 1. The molecule has 1 aliphatic carbocycles. The maximum absolute atomic E-state index is 15.1. The second kappa shape index (κ2) is 9.54. The molecule has 0 fully saturated rings. The number of benzene rings is 1. The van der Waals surface area contributed by atoms with Gasteiger partial charge in [-0.2, -0.15) is 13.2 Å². The number of alkyl halides is 3. The number of amides is 1. The maximum Gasteiger partial charge on any atom is 0.422 e. The number of pyridine rings is 1. The Morgan fingerprint density at radius 3 is 2.71 bits per heavy atom. The molecule has 180 valence electrons. The number of halogens is 5. The Balaban J connectivity index is 1.72. The van der Waals surface area contributed by atoms with Crippen LogP contribution in [0.15, 0.2) is 47.6 Å². The molecule has 4 rings (SSSR count). The monoisotopic (exact) mass is 479 g/mol. The van der Waals surface area contributed by atoms with E-state index in [0.29, 0.717) is 31.4 Å². The van der Waals surface area contributed by atoms with Gasteiger partial charge in [-0.05, 0) is 73.7 Å². The third kappa shape index (κ3) is 5.27. The summed E-state index contributed by atoms with van der Waals surface area (Å²) in [5.74, 6) is -2.98. The van der Waals surface area contributed by atoms with Gasteiger partial charge in [0.25, 0.3) is 5.91 Å². The van der Waals surface area contributed by atoms with Crippen LogP contribution < -0.4 is 15.4 Å². The molecule has 1 aliphatic heterocycles. The molecule has 5 nitrogen and oxygen atoms in total. The predicted molar refractivity (Wildman–Crippen MR) is 115 cm³/mol. The summed E-state index contributed by atoms with van der Waals surface area (Å²) >= 11 is 0. The van der Waals surface area contributed by atoms with Crippen molar-refractivity contribution in [2.75, 3.05) is 13.2 Å². The number of fused-ring (bicyclic) bond motifs is 1. The van der Waals surface area contributed by atoms with Gasteiger partial charge in [0.1, 0.15) is 17.4 Å². The molecule has 0 saturated heterocycles. The smallest absolute Gasteiger partial charge is 0.422 e. The first kappa shape index (κ1) is 23.9. The fourth-order valence-corrected chi connectivity index (χ4v) is 3.91. The first-order valence-electron chi connectivity index (χ1n) is 10.7. The molecule has 2 aliphatic rings. The average molecular weight is 479 g/mol. The molecular weight excluding hydrogens is 457 g/mol. The molecular formula is C24H22F5N3O2. The number of carbonyl (C=O) groups excluding carboxylic acids is 1. The summed E-state index contributed by atoms with van der Waals surface area (Å²) in [6.07, 6.45) is -0.142. The molecule has 0 unspecified atom stereocenters. The summed E-state index contributed by atoms with van der Waals surface area (Å²) in [7, 11) is 0. The van der Waals surface area contributed by atoms with Crippen LogP contribution in [-0.2, 0) is 13.0 Å². The van der Waals surface area contributed by atoms with E-state index in [1.54, 1.807) is 19.2 Å². The van der Waals surface area contributed by atoms with Crippen molar-refractivity contribution in [3.63, 3.8) is 0 Å². The topological polar surface area (TPSA) is 63.2 Å². The second-order valence-corrected chi connectivity index (χ2v) is 8.20. The van der Waals surface area contributed by atoms with Crippen molar-refractivity contribution in [3.05, 3.63) is 70.1 Å². The molecule has 34 heavy (non-hydrogen) atoms. The van der Waals surface area contributed by atoms with Crippen molar-refractivity contribution in [2.45, 2.75) is 38.9 Å². The number of hydrogen-bond acceptors (Lipinski definition) is 4. The standard InChI is InChI=1S/C24H22F5N3O2/c1-13-3-2-4-18(25)22(13)32-23(33)17-8-19(26)16(9-21(17)34-12-24(27,28)29)20-7-14-5-6-30-10-15(14)11-31-20/h4,7-9,11,30H,2-3,5-6,10,12H2,1H3,(H,32,33). The van der Waals surface area contributed by atoms with E-state index in [-0.39, 0.29) is 17.0 Å². The highest BCUT2D eigenvalue weighted by molar-refractivity contribution is 5.99. The second-order valence-electron chi connectivity index (χ2n) is 8.20. The molecule has 0 saturated carbocycles. The van der Waals surface area contributed by atoms with E-state index in [0.717, 1.165) is 29.8 Å². The highest BCUT2D eigenvalue weighted by Gasteiger charge is 2.30. The van der Waals surface area contributed by atoms with Crippen molar-refractivity contribution >= 4 is 5.91 Å². The molecule has 0 radical (unpaired) electrons. The van der Waals surface area contributed by atoms with Crippen LogP contribution in [-0.4, -0.2) is 30.2 Å². The molecule has 0 atom stereocenters. The molecule has 0 spiro atoms. The Morgan fingerprint density at radius 1 is 1.18 bits per heavy atom. The molecule has 2 N–H and O–H groups in total. The Labute approximate surface area is 192 Å². The van der Waals surface area contributed by atoms with Crippen LogP contribution in [0.3, 0.4) is 0 Å². The van der Waals surface area contributed by atoms with Crippen LogP contribution in [0, 0.1) is 5.82 Å². The number of hydrogen-bond donors (Lipinski definition) is 2. The molecule has 1 amide bonds. The Bertz CT molecular complexity index is 1190. The zero-order chi connectivity index (χ0) is 24.5. The summed E-state index contributed by atoms with van der Waals surface area (Å²) in [5.41, 5.74) is 2.02.